The van der Waals surface area contributed by atoms with Crippen molar-refractivity contribution in [2.24, 2.45) is 0 Å². The highest BCUT2D eigenvalue weighted by Gasteiger charge is 2.19. The van der Waals surface area contributed by atoms with Crippen LogP contribution in [0, 0.1) is 0 Å². The molecule has 23 heavy (non-hydrogen) atoms. The molecule has 2 rings (SSSR count). The molecular weight excluding hydrogens is 294 g/mol. The molecule has 0 aliphatic heterocycles. The molecule has 0 aliphatic carbocycles. The van der Waals surface area contributed by atoms with Crippen LogP contribution in [0.2, 0.25) is 0 Å². The molecule has 0 fully saturated rings. The first-order valence-electron chi connectivity index (χ1n) is 7.18. The number of anilines is 2. The van der Waals surface area contributed by atoms with Gasteiger partial charge < -0.3 is 15.1 Å². The van der Waals surface area contributed by atoms with Crippen LogP contribution < -0.4 is 10.2 Å². The van der Waals surface area contributed by atoms with Gasteiger partial charge in [-0.05, 0) is 24.3 Å². The summed E-state index contributed by atoms with van der Waals surface area (Å²) in [6.45, 7) is 1.04. The zero-order valence-electron chi connectivity index (χ0n) is 13.1. The Morgan fingerprint density at radius 1 is 1.04 bits per heavy atom. The molecule has 0 bridgehead atoms. The van der Waals surface area contributed by atoms with E-state index in [1.54, 1.807) is 19.2 Å². The number of nitrogens with zero attached hydrogens (tertiary/aromatic N) is 4. The highest BCUT2D eigenvalue weighted by Crippen LogP contribution is 2.10. The van der Waals surface area contributed by atoms with Crippen LogP contribution in [0.5, 0.6) is 0 Å². The third-order valence-corrected chi connectivity index (χ3v) is 3.32. The Balaban J connectivity index is 1.84. The van der Waals surface area contributed by atoms with Crippen molar-refractivity contribution in [3.63, 3.8) is 0 Å². The molecule has 7 nitrogen and oxygen atoms in total. The molecule has 2 amide bonds. The van der Waals surface area contributed by atoms with Gasteiger partial charge in [0.2, 0.25) is 0 Å². The Hall–Kier alpha value is -2.96. The maximum Gasteiger partial charge on any atom is 0.315 e. The van der Waals surface area contributed by atoms with Crippen LogP contribution in [-0.4, -0.2) is 54.1 Å². The van der Waals surface area contributed by atoms with Crippen LogP contribution in [0.4, 0.5) is 11.5 Å². The van der Waals surface area contributed by atoms with Crippen LogP contribution in [0.1, 0.15) is 0 Å². The number of hydrogen-bond donors (Lipinski definition) is 1. The smallest absolute Gasteiger partial charge is 0.315 e. The first-order valence-corrected chi connectivity index (χ1v) is 7.18. The minimum absolute atomic E-state index is 0.251. The molecule has 1 heterocycles. The van der Waals surface area contributed by atoms with E-state index in [9.17, 15) is 9.59 Å². The first-order chi connectivity index (χ1) is 11.1. The Morgan fingerprint density at radius 2 is 1.78 bits per heavy atom. The van der Waals surface area contributed by atoms with Gasteiger partial charge in [-0.2, -0.15) is 5.10 Å². The number of carbonyl (C=O) groups is 2. The van der Waals surface area contributed by atoms with Gasteiger partial charge in [-0.15, -0.1) is 5.10 Å². The lowest BCUT2D eigenvalue weighted by Gasteiger charge is -2.23. The van der Waals surface area contributed by atoms with E-state index in [-0.39, 0.29) is 5.82 Å². The fourth-order valence-corrected chi connectivity index (χ4v) is 1.92. The molecule has 0 saturated heterocycles. The predicted octanol–water partition coefficient (Wildman–Crippen LogP) is 1.01. The van der Waals surface area contributed by atoms with Crippen LogP contribution in [0.3, 0.4) is 0 Å². The van der Waals surface area contributed by atoms with E-state index in [0.717, 1.165) is 5.69 Å². The summed E-state index contributed by atoms with van der Waals surface area (Å²) in [5, 5.41) is 9.78. The van der Waals surface area contributed by atoms with Crippen molar-refractivity contribution in [1.82, 2.24) is 15.1 Å². The second kappa shape index (κ2) is 7.88. The number of likely N-dealkylation sites (N-methyl/N-ethyl adjacent to an activating group) is 2. The average molecular weight is 313 g/mol. The molecule has 1 aromatic heterocycles. The molecular formula is C16H19N5O2. The first kappa shape index (κ1) is 16.4. The van der Waals surface area contributed by atoms with Crippen molar-refractivity contribution in [2.75, 3.05) is 37.4 Å². The van der Waals surface area contributed by atoms with E-state index < -0.39 is 11.8 Å². The SMILES string of the molecule is CN(CCN(C)c1ccccc1)C(=O)C(=O)Nc1cccnn1. The largest absolute Gasteiger partial charge is 0.373 e. The summed E-state index contributed by atoms with van der Waals surface area (Å²) in [5.41, 5.74) is 1.05. The summed E-state index contributed by atoms with van der Waals surface area (Å²) >= 11 is 0. The molecule has 0 spiro atoms. The number of amides is 2. The monoisotopic (exact) mass is 313 g/mol. The van der Waals surface area contributed by atoms with E-state index >= 15 is 0 Å². The molecule has 1 N–H and O–H groups in total. The number of nitrogens with one attached hydrogen (secondary N) is 1. The molecule has 1 aromatic carbocycles. The Labute approximate surface area is 134 Å². The molecule has 0 radical (unpaired) electrons. The fourth-order valence-electron chi connectivity index (χ4n) is 1.92. The topological polar surface area (TPSA) is 78.4 Å². The number of benzene rings is 1. The van der Waals surface area contributed by atoms with Crippen LogP contribution in [0.15, 0.2) is 48.7 Å². The minimum atomic E-state index is -0.727. The number of hydrogen-bond acceptors (Lipinski definition) is 5. The lowest BCUT2D eigenvalue weighted by Crippen LogP contribution is -2.41. The number of para-hydroxylation sites is 1. The molecule has 7 heteroatoms. The van der Waals surface area contributed by atoms with Gasteiger partial charge in [-0.3, -0.25) is 9.59 Å². The summed E-state index contributed by atoms with van der Waals surface area (Å²) in [4.78, 5) is 27.3. The van der Waals surface area contributed by atoms with Crippen molar-refractivity contribution in [3.05, 3.63) is 48.7 Å². The minimum Gasteiger partial charge on any atom is -0.373 e. The predicted molar refractivity (Wildman–Crippen MR) is 88.0 cm³/mol. The molecule has 2 aromatic rings. The quantitative estimate of drug-likeness (QED) is 0.834. The maximum atomic E-state index is 12.0. The number of carbonyl (C=O) groups excluding carboxylic acids is 2. The summed E-state index contributed by atoms with van der Waals surface area (Å²) in [6.07, 6.45) is 1.49. The number of rotatable bonds is 5. The maximum absolute atomic E-state index is 12.0. The van der Waals surface area contributed by atoms with Crippen molar-refractivity contribution >= 4 is 23.3 Å². The number of aromatic nitrogens is 2. The van der Waals surface area contributed by atoms with E-state index in [1.807, 2.05) is 42.3 Å². The standard InChI is InChI=1S/C16H19N5O2/c1-20(13-7-4-3-5-8-13)11-12-21(2)16(23)15(22)18-14-9-6-10-17-19-14/h3-10H,11-12H2,1-2H3,(H,18,19,22). The second-order valence-corrected chi connectivity index (χ2v) is 5.05. The van der Waals surface area contributed by atoms with Gasteiger partial charge in [0.25, 0.3) is 0 Å². The summed E-state index contributed by atoms with van der Waals surface area (Å²) in [7, 11) is 3.53. The van der Waals surface area contributed by atoms with E-state index in [0.29, 0.717) is 13.1 Å². The van der Waals surface area contributed by atoms with E-state index in [1.165, 1.54) is 11.1 Å². The normalized spacial score (nSPS) is 10.0. The van der Waals surface area contributed by atoms with Crippen molar-refractivity contribution < 1.29 is 9.59 Å². The van der Waals surface area contributed by atoms with Gasteiger partial charge in [-0.25, -0.2) is 0 Å². The van der Waals surface area contributed by atoms with Gasteiger partial charge in [-0.1, -0.05) is 18.2 Å². The lowest BCUT2D eigenvalue weighted by atomic mass is 10.3. The molecule has 0 saturated carbocycles. The van der Waals surface area contributed by atoms with E-state index in [2.05, 4.69) is 15.5 Å². The third kappa shape index (κ3) is 4.77. The van der Waals surface area contributed by atoms with Crippen molar-refractivity contribution in [1.29, 1.82) is 0 Å². The summed E-state index contributed by atoms with van der Waals surface area (Å²) < 4.78 is 0. The van der Waals surface area contributed by atoms with Crippen molar-refractivity contribution in [3.8, 4) is 0 Å². The highest BCUT2D eigenvalue weighted by molar-refractivity contribution is 6.39. The average Bonchev–Trinajstić information content (AvgIpc) is 2.60. The van der Waals surface area contributed by atoms with E-state index in [4.69, 9.17) is 0 Å². The zero-order valence-corrected chi connectivity index (χ0v) is 13.1. The van der Waals surface area contributed by atoms with Gasteiger partial charge in [0.1, 0.15) is 0 Å². The molecule has 120 valence electrons. The van der Waals surface area contributed by atoms with Gasteiger partial charge in [0.15, 0.2) is 5.82 Å². The zero-order chi connectivity index (χ0) is 16.7. The van der Waals surface area contributed by atoms with Gasteiger partial charge >= 0.3 is 11.8 Å². The van der Waals surface area contributed by atoms with Gasteiger partial charge in [0, 0.05) is 39.1 Å². The third-order valence-electron chi connectivity index (χ3n) is 3.32. The van der Waals surface area contributed by atoms with Crippen molar-refractivity contribution in [2.45, 2.75) is 0 Å². The molecule has 0 unspecified atom stereocenters. The summed E-state index contributed by atoms with van der Waals surface area (Å²) in [6, 6.07) is 13.0. The molecule has 0 aliphatic rings. The Bertz CT molecular complexity index is 648. The Kier molecular flexibility index (Phi) is 5.62. The van der Waals surface area contributed by atoms with Crippen LogP contribution in [-0.2, 0) is 9.59 Å². The Morgan fingerprint density at radius 3 is 2.43 bits per heavy atom. The lowest BCUT2D eigenvalue weighted by molar-refractivity contribution is -0.142. The van der Waals surface area contributed by atoms with Crippen LogP contribution in [0.25, 0.3) is 0 Å². The second-order valence-electron chi connectivity index (χ2n) is 5.05. The van der Waals surface area contributed by atoms with Gasteiger partial charge in [0.05, 0.1) is 0 Å². The molecule has 0 atom stereocenters. The summed E-state index contributed by atoms with van der Waals surface area (Å²) in [5.74, 6) is -1.09. The highest BCUT2D eigenvalue weighted by atomic mass is 16.2. The van der Waals surface area contributed by atoms with Crippen LogP contribution >= 0.6 is 0 Å². The fraction of sp³-hybridized carbons (Fsp3) is 0.250.